The summed E-state index contributed by atoms with van der Waals surface area (Å²) in [6.45, 7) is 1.08. The van der Waals surface area contributed by atoms with Gasteiger partial charge in [0.2, 0.25) is 11.8 Å². The maximum absolute atomic E-state index is 11.8. The first-order valence-electron chi connectivity index (χ1n) is 8.08. The number of aliphatic hydroxyl groups is 1. The molecule has 0 radical (unpaired) electrons. The van der Waals surface area contributed by atoms with E-state index >= 15 is 0 Å². The van der Waals surface area contributed by atoms with Gasteiger partial charge in [0.05, 0.1) is 6.54 Å². The average Bonchev–Trinajstić information content (AvgIpc) is 2.64. The van der Waals surface area contributed by atoms with E-state index in [-0.39, 0.29) is 30.2 Å². The van der Waals surface area contributed by atoms with E-state index in [2.05, 4.69) is 10.6 Å². The summed E-state index contributed by atoms with van der Waals surface area (Å²) in [6, 6.07) is 8.71. The van der Waals surface area contributed by atoms with Crippen LogP contribution in [0.15, 0.2) is 30.3 Å². The third-order valence-corrected chi connectivity index (χ3v) is 4.04. The highest BCUT2D eigenvalue weighted by Gasteiger charge is 2.23. The van der Waals surface area contributed by atoms with Crippen LogP contribution in [0.1, 0.15) is 23.2 Å². The van der Waals surface area contributed by atoms with Crippen LogP contribution in [0, 0.1) is 5.92 Å². The molecule has 7 nitrogen and oxygen atoms in total. The number of amides is 3. The van der Waals surface area contributed by atoms with Crippen LogP contribution >= 0.6 is 0 Å². The molecule has 1 atom stereocenters. The van der Waals surface area contributed by atoms with Crippen LogP contribution in [0.3, 0.4) is 0 Å². The Morgan fingerprint density at radius 3 is 2.62 bits per heavy atom. The Hall–Kier alpha value is -2.41. The second kappa shape index (κ2) is 9.02. The summed E-state index contributed by atoms with van der Waals surface area (Å²) in [7, 11) is 0. The van der Waals surface area contributed by atoms with Crippen molar-refractivity contribution < 1.29 is 19.5 Å². The third-order valence-electron chi connectivity index (χ3n) is 4.04. The van der Waals surface area contributed by atoms with Gasteiger partial charge in [0.15, 0.2) is 0 Å². The van der Waals surface area contributed by atoms with E-state index in [1.165, 1.54) is 0 Å². The summed E-state index contributed by atoms with van der Waals surface area (Å²) >= 11 is 0. The molecule has 0 aromatic heterocycles. The molecule has 0 bridgehead atoms. The minimum absolute atomic E-state index is 0.0836. The summed E-state index contributed by atoms with van der Waals surface area (Å²) < 4.78 is 0. The van der Waals surface area contributed by atoms with E-state index in [9.17, 15) is 14.4 Å². The second-order valence-corrected chi connectivity index (χ2v) is 5.86. The van der Waals surface area contributed by atoms with Crippen molar-refractivity contribution >= 4 is 17.7 Å². The van der Waals surface area contributed by atoms with Crippen LogP contribution in [0.5, 0.6) is 0 Å². The molecule has 0 aliphatic carbocycles. The SMILES string of the molecule is O=C(CNC(=O)c1ccccc1)NCC1CCCN(C(=O)CO)C1. The molecule has 1 aliphatic rings. The monoisotopic (exact) mass is 333 g/mol. The molecule has 1 aromatic rings. The lowest BCUT2D eigenvalue weighted by Crippen LogP contribution is -2.46. The summed E-state index contributed by atoms with van der Waals surface area (Å²) in [6.07, 6.45) is 1.78. The third kappa shape index (κ3) is 5.34. The number of likely N-dealkylation sites (tertiary alicyclic amines) is 1. The predicted octanol–water partition coefficient (Wildman–Crippen LogP) is -0.236. The maximum Gasteiger partial charge on any atom is 0.251 e. The number of nitrogens with zero attached hydrogens (tertiary/aromatic N) is 1. The first kappa shape index (κ1) is 17.9. The topological polar surface area (TPSA) is 98.7 Å². The highest BCUT2D eigenvalue weighted by Crippen LogP contribution is 2.15. The van der Waals surface area contributed by atoms with E-state index < -0.39 is 6.61 Å². The van der Waals surface area contributed by atoms with Crippen LogP contribution in [0.2, 0.25) is 0 Å². The zero-order valence-electron chi connectivity index (χ0n) is 13.5. The lowest BCUT2D eigenvalue weighted by Gasteiger charge is -2.32. The number of hydrogen-bond donors (Lipinski definition) is 3. The molecule has 2 rings (SSSR count). The smallest absolute Gasteiger partial charge is 0.251 e. The highest BCUT2D eigenvalue weighted by atomic mass is 16.3. The predicted molar refractivity (Wildman–Crippen MR) is 88.2 cm³/mol. The lowest BCUT2D eigenvalue weighted by molar-refractivity contribution is -0.135. The molecule has 1 aromatic carbocycles. The van der Waals surface area contributed by atoms with E-state index in [0.717, 1.165) is 12.8 Å². The Morgan fingerprint density at radius 1 is 1.17 bits per heavy atom. The van der Waals surface area contributed by atoms with Gasteiger partial charge in [-0.05, 0) is 30.9 Å². The fraction of sp³-hybridized carbons (Fsp3) is 0.471. The molecule has 1 unspecified atom stereocenters. The van der Waals surface area contributed by atoms with Crippen LogP contribution < -0.4 is 10.6 Å². The fourth-order valence-electron chi connectivity index (χ4n) is 2.73. The highest BCUT2D eigenvalue weighted by molar-refractivity contribution is 5.96. The molecule has 7 heteroatoms. The number of piperidine rings is 1. The Labute approximate surface area is 141 Å². The van der Waals surface area contributed by atoms with E-state index in [1.807, 2.05) is 6.07 Å². The van der Waals surface area contributed by atoms with Gasteiger partial charge in [-0.2, -0.15) is 0 Å². The Bertz CT molecular complexity index is 576. The van der Waals surface area contributed by atoms with Gasteiger partial charge in [-0.3, -0.25) is 14.4 Å². The number of rotatable bonds is 6. The molecule has 3 N–H and O–H groups in total. The number of nitrogens with one attached hydrogen (secondary N) is 2. The molecule has 1 heterocycles. The average molecular weight is 333 g/mol. The fourth-order valence-corrected chi connectivity index (χ4v) is 2.73. The van der Waals surface area contributed by atoms with Gasteiger partial charge in [0, 0.05) is 25.2 Å². The van der Waals surface area contributed by atoms with Crippen molar-refractivity contribution in [1.82, 2.24) is 15.5 Å². The Balaban J connectivity index is 1.69. The molecule has 3 amide bonds. The summed E-state index contributed by atoms with van der Waals surface area (Å²) in [4.78, 5) is 36.8. The maximum atomic E-state index is 11.8. The van der Waals surface area contributed by atoms with Crippen LogP contribution in [-0.4, -0.2) is 60.5 Å². The molecular weight excluding hydrogens is 310 g/mol. The van der Waals surface area contributed by atoms with Gasteiger partial charge in [0.25, 0.3) is 5.91 Å². The van der Waals surface area contributed by atoms with E-state index in [1.54, 1.807) is 29.2 Å². The quantitative estimate of drug-likeness (QED) is 0.669. The van der Waals surface area contributed by atoms with Gasteiger partial charge in [-0.15, -0.1) is 0 Å². The van der Waals surface area contributed by atoms with Crippen molar-refractivity contribution in [3.63, 3.8) is 0 Å². The Kier molecular flexibility index (Phi) is 6.74. The van der Waals surface area contributed by atoms with Gasteiger partial charge in [-0.1, -0.05) is 18.2 Å². The van der Waals surface area contributed by atoms with E-state index in [4.69, 9.17) is 5.11 Å². The van der Waals surface area contributed by atoms with Crippen molar-refractivity contribution in [2.75, 3.05) is 32.8 Å². The van der Waals surface area contributed by atoms with Crippen LogP contribution in [-0.2, 0) is 9.59 Å². The molecule has 1 aliphatic heterocycles. The zero-order valence-corrected chi connectivity index (χ0v) is 13.5. The number of benzene rings is 1. The minimum atomic E-state index is -0.482. The van der Waals surface area contributed by atoms with Crippen molar-refractivity contribution in [2.24, 2.45) is 5.92 Å². The molecule has 1 fully saturated rings. The molecule has 1 saturated heterocycles. The zero-order chi connectivity index (χ0) is 17.4. The van der Waals surface area contributed by atoms with Gasteiger partial charge < -0.3 is 20.6 Å². The molecule has 0 spiro atoms. The number of carbonyl (C=O) groups excluding carboxylic acids is 3. The molecule has 0 saturated carbocycles. The molecule has 130 valence electrons. The van der Waals surface area contributed by atoms with Crippen LogP contribution in [0.25, 0.3) is 0 Å². The largest absolute Gasteiger partial charge is 0.387 e. The summed E-state index contributed by atoms with van der Waals surface area (Å²) in [5.74, 6) is -0.655. The lowest BCUT2D eigenvalue weighted by atomic mass is 9.98. The molecule has 24 heavy (non-hydrogen) atoms. The molecular formula is C17H23N3O4. The first-order valence-corrected chi connectivity index (χ1v) is 8.08. The standard InChI is InChI=1S/C17H23N3O4/c21-12-16(23)20-8-4-5-13(11-20)9-18-15(22)10-19-17(24)14-6-2-1-3-7-14/h1-3,6-7,13,21H,4-5,8-12H2,(H,18,22)(H,19,24). The van der Waals surface area contributed by atoms with Gasteiger partial charge >= 0.3 is 0 Å². The first-order chi connectivity index (χ1) is 11.6. The van der Waals surface area contributed by atoms with Crippen LogP contribution in [0.4, 0.5) is 0 Å². The van der Waals surface area contributed by atoms with Gasteiger partial charge in [0.1, 0.15) is 6.61 Å². The second-order valence-electron chi connectivity index (χ2n) is 5.86. The Morgan fingerprint density at radius 2 is 1.92 bits per heavy atom. The number of aliphatic hydroxyl groups excluding tert-OH is 1. The number of carbonyl (C=O) groups is 3. The van der Waals surface area contributed by atoms with E-state index in [0.29, 0.717) is 25.2 Å². The minimum Gasteiger partial charge on any atom is -0.387 e. The van der Waals surface area contributed by atoms with Gasteiger partial charge in [-0.25, -0.2) is 0 Å². The van der Waals surface area contributed by atoms with Crippen molar-refractivity contribution in [3.05, 3.63) is 35.9 Å². The normalized spacial score (nSPS) is 17.2. The summed E-state index contributed by atoms with van der Waals surface area (Å²) in [5, 5.41) is 14.3. The summed E-state index contributed by atoms with van der Waals surface area (Å²) in [5.41, 5.74) is 0.510. The van der Waals surface area contributed by atoms with Crippen molar-refractivity contribution in [2.45, 2.75) is 12.8 Å². The van der Waals surface area contributed by atoms with Crippen molar-refractivity contribution in [1.29, 1.82) is 0 Å². The van der Waals surface area contributed by atoms with Crippen molar-refractivity contribution in [3.8, 4) is 0 Å². The number of hydrogen-bond acceptors (Lipinski definition) is 4.